The highest BCUT2D eigenvalue weighted by molar-refractivity contribution is 5.97. The van der Waals surface area contributed by atoms with E-state index < -0.39 is 0 Å². The Hall–Kier alpha value is -2.21. The van der Waals surface area contributed by atoms with E-state index >= 15 is 0 Å². The summed E-state index contributed by atoms with van der Waals surface area (Å²) in [6, 6.07) is 5.34. The van der Waals surface area contributed by atoms with Gasteiger partial charge in [0.15, 0.2) is 0 Å². The van der Waals surface area contributed by atoms with Crippen LogP contribution in [0.3, 0.4) is 0 Å². The lowest BCUT2D eigenvalue weighted by atomic mass is 10.1. The van der Waals surface area contributed by atoms with E-state index in [1.165, 1.54) is 0 Å². The average molecular weight is 316 g/mol. The van der Waals surface area contributed by atoms with Gasteiger partial charge in [0.2, 0.25) is 5.95 Å². The maximum Gasteiger partial charge on any atom is 0.251 e. The van der Waals surface area contributed by atoms with Gasteiger partial charge in [-0.15, -0.1) is 0 Å². The highest BCUT2D eigenvalue weighted by Gasteiger charge is 2.13. The van der Waals surface area contributed by atoms with E-state index in [0.717, 1.165) is 18.2 Å². The van der Waals surface area contributed by atoms with E-state index in [9.17, 15) is 9.90 Å². The van der Waals surface area contributed by atoms with Crippen LogP contribution in [-0.4, -0.2) is 39.7 Å². The van der Waals surface area contributed by atoms with Gasteiger partial charge in [0.25, 0.3) is 5.91 Å². The summed E-state index contributed by atoms with van der Waals surface area (Å²) >= 11 is 0. The number of aliphatic hydroxyl groups is 1. The number of anilines is 1. The Balaban J connectivity index is 2.22. The van der Waals surface area contributed by atoms with E-state index in [-0.39, 0.29) is 24.6 Å². The number of aliphatic hydroxyl groups excluding tert-OH is 1. The maximum absolute atomic E-state index is 12.3. The minimum absolute atomic E-state index is 0.0578. The third-order valence-electron chi connectivity index (χ3n) is 3.46. The van der Waals surface area contributed by atoms with Crippen molar-refractivity contribution in [3.63, 3.8) is 0 Å². The number of amides is 1. The van der Waals surface area contributed by atoms with Gasteiger partial charge in [-0.05, 0) is 32.4 Å². The number of rotatable bonds is 7. The monoisotopic (exact) mass is 316 g/mol. The van der Waals surface area contributed by atoms with Crippen molar-refractivity contribution < 1.29 is 9.90 Å². The van der Waals surface area contributed by atoms with Crippen LogP contribution in [0.1, 0.15) is 44.0 Å². The molecule has 0 radical (unpaired) electrons. The maximum atomic E-state index is 12.3. The molecule has 6 heteroatoms. The van der Waals surface area contributed by atoms with Crippen LogP contribution in [0.15, 0.2) is 24.4 Å². The number of nitrogens with one attached hydrogen (secondary N) is 2. The molecule has 1 amide bonds. The summed E-state index contributed by atoms with van der Waals surface area (Å²) in [6.45, 7) is 5.99. The molecule has 0 aliphatic heterocycles. The molecule has 1 aromatic heterocycles. The van der Waals surface area contributed by atoms with Crippen LogP contribution in [0.25, 0.3) is 10.9 Å². The molecule has 0 bridgehead atoms. The second-order valence-corrected chi connectivity index (χ2v) is 5.91. The van der Waals surface area contributed by atoms with Gasteiger partial charge in [-0.25, -0.2) is 9.97 Å². The standard InChI is InChI=1S/C17H24N4O2/c1-4-5-14(10-22)20-16(23)12-6-7-13-9-18-17(19-11(2)3)21-15(13)8-12/h6-9,11,14,22H,4-5,10H2,1-3H3,(H,20,23)(H,18,19,21)/t14-/m0/s1. The van der Waals surface area contributed by atoms with Gasteiger partial charge in [0.1, 0.15) is 0 Å². The fourth-order valence-corrected chi connectivity index (χ4v) is 2.32. The minimum atomic E-state index is -0.216. The van der Waals surface area contributed by atoms with Gasteiger partial charge in [-0.3, -0.25) is 4.79 Å². The van der Waals surface area contributed by atoms with Gasteiger partial charge < -0.3 is 15.7 Å². The van der Waals surface area contributed by atoms with Crippen LogP contribution >= 0.6 is 0 Å². The summed E-state index contributed by atoms with van der Waals surface area (Å²) in [6.07, 6.45) is 3.39. The minimum Gasteiger partial charge on any atom is -0.394 e. The van der Waals surface area contributed by atoms with Crippen LogP contribution in [0.2, 0.25) is 0 Å². The van der Waals surface area contributed by atoms with Gasteiger partial charge in [0, 0.05) is 23.2 Å². The smallest absolute Gasteiger partial charge is 0.251 e. The summed E-state index contributed by atoms with van der Waals surface area (Å²) in [5.74, 6) is 0.348. The number of aromatic nitrogens is 2. The molecule has 0 fully saturated rings. The summed E-state index contributed by atoms with van der Waals surface area (Å²) < 4.78 is 0. The number of carbonyl (C=O) groups excluding carboxylic acids is 1. The van der Waals surface area contributed by atoms with E-state index in [2.05, 4.69) is 20.6 Å². The van der Waals surface area contributed by atoms with Gasteiger partial charge >= 0.3 is 0 Å². The van der Waals surface area contributed by atoms with Crippen molar-refractivity contribution in [2.45, 2.75) is 45.7 Å². The zero-order chi connectivity index (χ0) is 16.8. The van der Waals surface area contributed by atoms with E-state index in [1.807, 2.05) is 26.8 Å². The molecule has 0 unspecified atom stereocenters. The van der Waals surface area contributed by atoms with E-state index in [4.69, 9.17) is 0 Å². The predicted octanol–water partition coefficient (Wildman–Crippen LogP) is 2.34. The van der Waals surface area contributed by atoms with Crippen molar-refractivity contribution in [3.05, 3.63) is 30.0 Å². The zero-order valence-corrected chi connectivity index (χ0v) is 13.8. The molecule has 1 aromatic carbocycles. The number of fused-ring (bicyclic) bond motifs is 1. The van der Waals surface area contributed by atoms with Crippen molar-refractivity contribution in [3.8, 4) is 0 Å². The second kappa shape index (κ2) is 7.87. The molecule has 0 aliphatic rings. The molecular weight excluding hydrogens is 292 g/mol. The third-order valence-corrected chi connectivity index (χ3v) is 3.46. The van der Waals surface area contributed by atoms with Crippen LogP contribution in [0, 0.1) is 0 Å². The molecule has 0 saturated heterocycles. The first-order chi connectivity index (χ1) is 11.0. The SMILES string of the molecule is CCC[C@@H](CO)NC(=O)c1ccc2cnc(NC(C)C)nc2c1. The molecule has 0 aliphatic carbocycles. The fraction of sp³-hybridized carbons (Fsp3) is 0.471. The van der Waals surface area contributed by atoms with Crippen LogP contribution in [-0.2, 0) is 0 Å². The summed E-state index contributed by atoms with van der Waals surface area (Å²) in [5.41, 5.74) is 1.24. The van der Waals surface area contributed by atoms with Crippen LogP contribution in [0.4, 0.5) is 5.95 Å². The largest absolute Gasteiger partial charge is 0.394 e. The Kier molecular flexibility index (Phi) is 5.87. The molecule has 6 nitrogen and oxygen atoms in total. The lowest BCUT2D eigenvalue weighted by molar-refractivity contribution is 0.0913. The highest BCUT2D eigenvalue weighted by atomic mass is 16.3. The summed E-state index contributed by atoms with van der Waals surface area (Å²) in [4.78, 5) is 21.0. The van der Waals surface area contributed by atoms with E-state index in [0.29, 0.717) is 17.0 Å². The lowest BCUT2D eigenvalue weighted by Gasteiger charge is -2.15. The van der Waals surface area contributed by atoms with Gasteiger partial charge in [-0.1, -0.05) is 19.4 Å². The number of carbonyl (C=O) groups is 1. The zero-order valence-electron chi connectivity index (χ0n) is 13.8. The van der Waals surface area contributed by atoms with Crippen molar-refractivity contribution in [1.82, 2.24) is 15.3 Å². The van der Waals surface area contributed by atoms with Crippen LogP contribution in [0.5, 0.6) is 0 Å². The van der Waals surface area contributed by atoms with Crippen molar-refractivity contribution >= 4 is 22.8 Å². The molecule has 1 atom stereocenters. The number of hydrogen-bond donors (Lipinski definition) is 3. The molecule has 2 aromatic rings. The molecule has 124 valence electrons. The van der Waals surface area contributed by atoms with Crippen LogP contribution < -0.4 is 10.6 Å². The molecule has 23 heavy (non-hydrogen) atoms. The first-order valence-electron chi connectivity index (χ1n) is 7.98. The third kappa shape index (κ3) is 4.63. The Morgan fingerprint density at radius 1 is 1.35 bits per heavy atom. The molecular formula is C17H24N4O2. The average Bonchev–Trinajstić information content (AvgIpc) is 2.53. The number of hydrogen-bond acceptors (Lipinski definition) is 5. The summed E-state index contributed by atoms with van der Waals surface area (Å²) in [7, 11) is 0. The predicted molar refractivity (Wildman–Crippen MR) is 91.5 cm³/mol. The molecule has 3 N–H and O–H groups in total. The Labute approximate surface area is 136 Å². The van der Waals surface area contributed by atoms with Crippen molar-refractivity contribution in [2.75, 3.05) is 11.9 Å². The number of nitrogens with zero attached hydrogens (tertiary/aromatic N) is 2. The first-order valence-corrected chi connectivity index (χ1v) is 7.98. The Morgan fingerprint density at radius 2 is 2.13 bits per heavy atom. The summed E-state index contributed by atoms with van der Waals surface area (Å²) in [5, 5.41) is 16.2. The lowest BCUT2D eigenvalue weighted by Crippen LogP contribution is -2.37. The van der Waals surface area contributed by atoms with E-state index in [1.54, 1.807) is 18.3 Å². The van der Waals surface area contributed by atoms with Crippen molar-refractivity contribution in [1.29, 1.82) is 0 Å². The van der Waals surface area contributed by atoms with Gasteiger partial charge in [0.05, 0.1) is 18.2 Å². The molecule has 1 heterocycles. The fourth-order valence-electron chi connectivity index (χ4n) is 2.32. The Morgan fingerprint density at radius 3 is 2.78 bits per heavy atom. The molecule has 0 saturated carbocycles. The topological polar surface area (TPSA) is 87.1 Å². The van der Waals surface area contributed by atoms with Gasteiger partial charge in [-0.2, -0.15) is 0 Å². The second-order valence-electron chi connectivity index (χ2n) is 5.91. The normalized spacial score (nSPS) is 12.4. The Bertz CT molecular complexity index is 673. The molecule has 2 rings (SSSR count). The first kappa shape index (κ1) is 17.1. The molecule has 0 spiro atoms. The quantitative estimate of drug-likeness (QED) is 0.730. The highest BCUT2D eigenvalue weighted by Crippen LogP contribution is 2.15. The van der Waals surface area contributed by atoms with Crippen molar-refractivity contribution in [2.24, 2.45) is 0 Å². The number of benzene rings is 1.